The molecule has 3 rings (SSSR count). The van der Waals surface area contributed by atoms with Gasteiger partial charge >= 0.3 is 0 Å². The van der Waals surface area contributed by atoms with Crippen molar-refractivity contribution < 1.29 is 4.79 Å². The van der Waals surface area contributed by atoms with Crippen LogP contribution in [0, 0.1) is 5.41 Å². The fourth-order valence-electron chi connectivity index (χ4n) is 3.48. The second-order valence-electron chi connectivity index (χ2n) is 5.83. The molecule has 1 aliphatic heterocycles. The number of carbonyl (C=O) groups is 1. The van der Waals surface area contributed by atoms with Crippen LogP contribution >= 0.6 is 0 Å². The van der Waals surface area contributed by atoms with Crippen molar-refractivity contribution >= 4 is 11.7 Å². The molecule has 1 aromatic heterocycles. The van der Waals surface area contributed by atoms with Crippen molar-refractivity contribution in [2.45, 2.75) is 38.5 Å². The molecule has 1 aromatic rings. The Morgan fingerprint density at radius 3 is 2.63 bits per heavy atom. The topological polar surface area (TPSA) is 72.1 Å². The number of nitrogen functional groups attached to an aromatic ring is 1. The maximum atomic E-state index is 12.4. The van der Waals surface area contributed by atoms with Crippen LogP contribution in [0.4, 0.5) is 5.82 Å². The summed E-state index contributed by atoms with van der Waals surface area (Å²) in [4.78, 5) is 22.4. The first-order valence-electron chi connectivity index (χ1n) is 7.06. The first-order valence-corrected chi connectivity index (χ1v) is 7.06. The van der Waals surface area contributed by atoms with E-state index in [2.05, 4.69) is 9.97 Å². The van der Waals surface area contributed by atoms with E-state index in [0.717, 1.165) is 19.5 Å². The van der Waals surface area contributed by atoms with Crippen LogP contribution in [-0.2, 0) is 0 Å². The van der Waals surface area contributed by atoms with Crippen LogP contribution in [0.1, 0.15) is 49.0 Å². The molecule has 5 nitrogen and oxygen atoms in total. The Bertz CT molecular complexity index is 482. The van der Waals surface area contributed by atoms with Crippen LogP contribution in [0.2, 0.25) is 0 Å². The Hall–Kier alpha value is -1.65. The van der Waals surface area contributed by atoms with Crippen LogP contribution in [0.15, 0.2) is 12.4 Å². The molecule has 0 aromatic carbocycles. The summed E-state index contributed by atoms with van der Waals surface area (Å²) in [5.74, 6) is 0.171. The van der Waals surface area contributed by atoms with Crippen molar-refractivity contribution in [3.05, 3.63) is 18.1 Å². The molecule has 0 atom stereocenters. The lowest BCUT2D eigenvalue weighted by Gasteiger charge is -2.33. The minimum atomic E-state index is -0.0620. The molecule has 19 heavy (non-hydrogen) atoms. The molecule has 0 unspecified atom stereocenters. The van der Waals surface area contributed by atoms with E-state index in [1.54, 1.807) is 0 Å². The zero-order chi connectivity index (χ0) is 13.3. The molecule has 1 aliphatic carbocycles. The average Bonchev–Trinajstić information content (AvgIpc) is 2.83. The number of rotatable bonds is 1. The number of nitrogens with zero attached hydrogens (tertiary/aromatic N) is 3. The molecule has 102 valence electrons. The Morgan fingerprint density at radius 2 is 1.89 bits per heavy atom. The smallest absolute Gasteiger partial charge is 0.276 e. The summed E-state index contributed by atoms with van der Waals surface area (Å²) < 4.78 is 0. The van der Waals surface area contributed by atoms with Crippen LogP contribution in [0.3, 0.4) is 0 Å². The molecule has 1 amide bonds. The summed E-state index contributed by atoms with van der Waals surface area (Å²) in [5.41, 5.74) is 6.41. The largest absolute Gasteiger partial charge is 0.382 e. The van der Waals surface area contributed by atoms with Gasteiger partial charge in [0, 0.05) is 25.5 Å². The fourth-order valence-corrected chi connectivity index (χ4v) is 3.48. The summed E-state index contributed by atoms with van der Waals surface area (Å²) in [6, 6.07) is 0. The Kier molecular flexibility index (Phi) is 3.12. The molecular formula is C14H20N4O. The predicted octanol–water partition coefficient (Wildman–Crippen LogP) is 1.86. The lowest BCUT2D eigenvalue weighted by molar-refractivity contribution is 0.0754. The molecule has 2 heterocycles. The van der Waals surface area contributed by atoms with Gasteiger partial charge in [-0.25, -0.2) is 9.97 Å². The van der Waals surface area contributed by atoms with E-state index in [-0.39, 0.29) is 11.7 Å². The summed E-state index contributed by atoms with van der Waals surface area (Å²) >= 11 is 0. The van der Waals surface area contributed by atoms with E-state index >= 15 is 0 Å². The molecule has 1 saturated heterocycles. The van der Waals surface area contributed by atoms with E-state index in [4.69, 9.17) is 5.73 Å². The van der Waals surface area contributed by atoms with Gasteiger partial charge in [0.25, 0.3) is 5.91 Å². The summed E-state index contributed by atoms with van der Waals surface area (Å²) in [6.07, 6.45) is 10.6. The standard InChI is InChI=1S/C14H20N4O/c15-12-11(16-7-8-17-12)13(19)18-9-6-14(10-18)4-2-1-3-5-14/h7-8H,1-6,9-10H2,(H2,15,17). The third-order valence-electron chi connectivity index (χ3n) is 4.57. The van der Waals surface area contributed by atoms with Crippen molar-refractivity contribution in [3.63, 3.8) is 0 Å². The highest BCUT2D eigenvalue weighted by molar-refractivity contribution is 5.96. The van der Waals surface area contributed by atoms with Crippen LogP contribution in [-0.4, -0.2) is 33.9 Å². The fraction of sp³-hybridized carbons (Fsp3) is 0.643. The minimum Gasteiger partial charge on any atom is -0.382 e. The molecular weight excluding hydrogens is 240 g/mol. The Morgan fingerprint density at radius 1 is 1.16 bits per heavy atom. The van der Waals surface area contributed by atoms with Crippen LogP contribution in [0.25, 0.3) is 0 Å². The highest BCUT2D eigenvalue weighted by Crippen LogP contribution is 2.43. The Labute approximate surface area is 113 Å². The number of likely N-dealkylation sites (tertiary alicyclic amines) is 1. The second kappa shape index (κ2) is 4.79. The lowest BCUT2D eigenvalue weighted by Crippen LogP contribution is -2.34. The Balaban J connectivity index is 1.74. The van der Waals surface area contributed by atoms with Gasteiger partial charge in [-0.2, -0.15) is 0 Å². The number of hydrogen-bond acceptors (Lipinski definition) is 4. The molecule has 0 bridgehead atoms. The summed E-state index contributed by atoms with van der Waals surface area (Å²) in [6.45, 7) is 1.69. The second-order valence-corrected chi connectivity index (χ2v) is 5.83. The first kappa shape index (κ1) is 12.4. The van der Waals surface area contributed by atoms with E-state index in [9.17, 15) is 4.79 Å². The molecule has 1 saturated carbocycles. The van der Waals surface area contributed by atoms with Crippen molar-refractivity contribution in [2.75, 3.05) is 18.8 Å². The number of anilines is 1. The van der Waals surface area contributed by atoms with Crippen molar-refractivity contribution in [2.24, 2.45) is 5.41 Å². The summed E-state index contributed by atoms with van der Waals surface area (Å²) in [7, 11) is 0. The molecule has 0 radical (unpaired) electrons. The SMILES string of the molecule is Nc1nccnc1C(=O)N1CCC2(CCCCC2)C1. The molecule has 2 fully saturated rings. The number of amides is 1. The van der Waals surface area contributed by atoms with Gasteiger partial charge in [-0.3, -0.25) is 4.79 Å². The first-order chi connectivity index (χ1) is 9.20. The van der Waals surface area contributed by atoms with Crippen LogP contribution in [0.5, 0.6) is 0 Å². The minimum absolute atomic E-state index is 0.0620. The predicted molar refractivity (Wildman–Crippen MR) is 72.5 cm³/mol. The maximum Gasteiger partial charge on any atom is 0.276 e. The van der Waals surface area contributed by atoms with Crippen molar-refractivity contribution in [1.29, 1.82) is 0 Å². The number of hydrogen-bond donors (Lipinski definition) is 1. The zero-order valence-electron chi connectivity index (χ0n) is 11.1. The van der Waals surface area contributed by atoms with Gasteiger partial charge < -0.3 is 10.6 Å². The summed E-state index contributed by atoms with van der Waals surface area (Å²) in [5, 5.41) is 0. The maximum absolute atomic E-state index is 12.4. The molecule has 2 N–H and O–H groups in total. The van der Waals surface area contributed by atoms with Gasteiger partial charge in [0.1, 0.15) is 0 Å². The quantitative estimate of drug-likeness (QED) is 0.836. The van der Waals surface area contributed by atoms with E-state index < -0.39 is 0 Å². The van der Waals surface area contributed by atoms with Gasteiger partial charge in [0.15, 0.2) is 11.5 Å². The molecule has 2 aliphatic rings. The normalized spacial score (nSPS) is 21.8. The van der Waals surface area contributed by atoms with Gasteiger partial charge in [-0.05, 0) is 24.7 Å². The van der Waals surface area contributed by atoms with E-state index in [0.29, 0.717) is 11.1 Å². The van der Waals surface area contributed by atoms with E-state index in [1.165, 1.54) is 44.5 Å². The van der Waals surface area contributed by atoms with Crippen molar-refractivity contribution in [1.82, 2.24) is 14.9 Å². The third-order valence-corrected chi connectivity index (χ3v) is 4.57. The van der Waals surface area contributed by atoms with Gasteiger partial charge in [0.05, 0.1) is 0 Å². The van der Waals surface area contributed by atoms with E-state index in [1.807, 2.05) is 4.90 Å². The monoisotopic (exact) mass is 260 g/mol. The number of carbonyl (C=O) groups excluding carboxylic acids is 1. The van der Waals surface area contributed by atoms with Gasteiger partial charge in [-0.15, -0.1) is 0 Å². The zero-order valence-corrected chi connectivity index (χ0v) is 11.1. The number of nitrogens with two attached hydrogens (primary N) is 1. The molecule has 1 spiro atoms. The highest BCUT2D eigenvalue weighted by atomic mass is 16.2. The van der Waals surface area contributed by atoms with Crippen molar-refractivity contribution in [3.8, 4) is 0 Å². The lowest BCUT2D eigenvalue weighted by atomic mass is 9.73. The van der Waals surface area contributed by atoms with Gasteiger partial charge in [-0.1, -0.05) is 19.3 Å². The number of aromatic nitrogens is 2. The molecule has 5 heteroatoms. The van der Waals surface area contributed by atoms with Crippen LogP contribution < -0.4 is 5.73 Å². The average molecular weight is 260 g/mol. The highest BCUT2D eigenvalue weighted by Gasteiger charge is 2.41. The van der Waals surface area contributed by atoms with Gasteiger partial charge in [0.2, 0.25) is 0 Å². The third kappa shape index (κ3) is 2.29.